The zero-order valence-corrected chi connectivity index (χ0v) is 10.0. The fraction of sp³-hybridized carbons (Fsp3) is 0.300. The molecule has 1 heterocycles. The van der Waals surface area contributed by atoms with Crippen molar-refractivity contribution in [1.29, 1.82) is 5.26 Å². The van der Waals surface area contributed by atoms with E-state index in [1.54, 1.807) is 6.92 Å². The Bertz CT molecular complexity index is 442. The van der Waals surface area contributed by atoms with E-state index >= 15 is 0 Å². The van der Waals surface area contributed by atoms with Crippen molar-refractivity contribution in [2.75, 3.05) is 0 Å². The lowest BCUT2D eigenvalue weighted by molar-refractivity contribution is 0.0940. The minimum Gasteiger partial charge on any atom is -0.348 e. The summed E-state index contributed by atoms with van der Waals surface area (Å²) in [7, 11) is 0. The summed E-state index contributed by atoms with van der Waals surface area (Å²) in [5.41, 5.74) is 0.246. The van der Waals surface area contributed by atoms with Crippen LogP contribution in [0.25, 0.3) is 0 Å². The highest BCUT2D eigenvalue weighted by Crippen LogP contribution is 2.16. The molecule has 1 rings (SSSR count). The molecule has 0 aromatic carbocycles. The van der Waals surface area contributed by atoms with Crippen molar-refractivity contribution < 1.29 is 4.79 Å². The lowest BCUT2D eigenvalue weighted by atomic mass is 10.2. The molecule has 4 nitrogen and oxygen atoms in total. The highest BCUT2D eigenvalue weighted by Gasteiger charge is 2.13. The zero-order chi connectivity index (χ0) is 12.1. The predicted molar refractivity (Wildman–Crippen MR) is 61.4 cm³/mol. The van der Waals surface area contributed by atoms with Gasteiger partial charge in [0.15, 0.2) is 0 Å². The third-order valence-electron chi connectivity index (χ3n) is 1.83. The first-order chi connectivity index (χ1) is 7.54. The van der Waals surface area contributed by atoms with Gasteiger partial charge in [-0.25, -0.2) is 4.98 Å². The number of carbonyl (C=O) groups is 1. The van der Waals surface area contributed by atoms with Crippen LogP contribution in [0.4, 0.5) is 0 Å². The van der Waals surface area contributed by atoms with Crippen LogP contribution in [-0.2, 0) is 0 Å². The van der Waals surface area contributed by atoms with Gasteiger partial charge in [-0.2, -0.15) is 5.26 Å². The molecule has 0 bridgehead atoms. The fourth-order valence-corrected chi connectivity index (χ4v) is 1.50. The topological polar surface area (TPSA) is 65.8 Å². The molecule has 1 unspecified atom stereocenters. The van der Waals surface area contributed by atoms with E-state index in [1.807, 2.05) is 6.07 Å². The maximum absolute atomic E-state index is 11.7. The molecule has 1 aromatic heterocycles. The fourth-order valence-electron chi connectivity index (χ4n) is 1.07. The number of nitriles is 1. The van der Waals surface area contributed by atoms with Gasteiger partial charge in [0, 0.05) is 6.04 Å². The van der Waals surface area contributed by atoms with Crippen LogP contribution >= 0.6 is 23.2 Å². The van der Waals surface area contributed by atoms with Gasteiger partial charge in [0.25, 0.3) is 5.91 Å². The van der Waals surface area contributed by atoms with Crippen LogP contribution in [0.3, 0.4) is 0 Å². The summed E-state index contributed by atoms with van der Waals surface area (Å²) in [5.74, 6) is -0.364. The van der Waals surface area contributed by atoms with Gasteiger partial charge < -0.3 is 5.32 Å². The molecule has 1 atom stereocenters. The van der Waals surface area contributed by atoms with Gasteiger partial charge in [-0.1, -0.05) is 23.2 Å². The van der Waals surface area contributed by atoms with Crippen LogP contribution in [0.15, 0.2) is 12.1 Å². The van der Waals surface area contributed by atoms with Crippen LogP contribution in [0.2, 0.25) is 10.3 Å². The first-order valence-electron chi connectivity index (χ1n) is 4.54. The van der Waals surface area contributed by atoms with E-state index in [9.17, 15) is 4.79 Å². The number of amides is 1. The molecule has 0 aliphatic carbocycles. The lowest BCUT2D eigenvalue weighted by Gasteiger charge is -2.10. The zero-order valence-electron chi connectivity index (χ0n) is 8.50. The number of hydrogen-bond donors (Lipinski definition) is 1. The van der Waals surface area contributed by atoms with Crippen molar-refractivity contribution in [2.45, 2.75) is 19.4 Å². The van der Waals surface area contributed by atoms with Gasteiger partial charge >= 0.3 is 0 Å². The smallest absolute Gasteiger partial charge is 0.254 e. The normalized spacial score (nSPS) is 11.6. The van der Waals surface area contributed by atoms with Crippen molar-refractivity contribution in [3.05, 3.63) is 28.0 Å². The molecule has 0 radical (unpaired) electrons. The molecule has 84 valence electrons. The van der Waals surface area contributed by atoms with E-state index in [4.69, 9.17) is 28.5 Å². The van der Waals surface area contributed by atoms with E-state index in [1.165, 1.54) is 12.1 Å². The molecule has 0 spiro atoms. The van der Waals surface area contributed by atoms with Gasteiger partial charge in [0.2, 0.25) is 0 Å². The van der Waals surface area contributed by atoms with Crippen LogP contribution in [0.1, 0.15) is 23.7 Å². The lowest BCUT2D eigenvalue weighted by Crippen LogP contribution is -2.32. The third-order valence-corrected chi connectivity index (χ3v) is 2.33. The van der Waals surface area contributed by atoms with E-state index < -0.39 is 0 Å². The second kappa shape index (κ2) is 5.69. The van der Waals surface area contributed by atoms with Crippen LogP contribution in [-0.4, -0.2) is 16.9 Å². The van der Waals surface area contributed by atoms with Gasteiger partial charge in [0.1, 0.15) is 10.3 Å². The summed E-state index contributed by atoms with van der Waals surface area (Å²) in [4.78, 5) is 15.4. The first kappa shape index (κ1) is 12.8. The molecule has 0 saturated carbocycles. The molecule has 1 N–H and O–H groups in total. The van der Waals surface area contributed by atoms with Crippen molar-refractivity contribution in [3.8, 4) is 6.07 Å². The Balaban J connectivity index is 2.78. The number of aromatic nitrogens is 1. The van der Waals surface area contributed by atoms with Crippen molar-refractivity contribution in [1.82, 2.24) is 10.3 Å². The molecule has 1 aromatic rings. The molecule has 16 heavy (non-hydrogen) atoms. The number of halogens is 2. The highest BCUT2D eigenvalue weighted by molar-refractivity contribution is 6.34. The van der Waals surface area contributed by atoms with Gasteiger partial charge in [-0.3, -0.25) is 4.79 Å². The van der Waals surface area contributed by atoms with Crippen LogP contribution in [0.5, 0.6) is 0 Å². The number of carbonyl (C=O) groups excluding carboxylic acids is 1. The molecule has 0 aliphatic rings. The summed E-state index contributed by atoms with van der Waals surface area (Å²) in [6.07, 6.45) is 0.240. The SMILES string of the molecule is CC(CC#N)NC(=O)c1ccc(Cl)nc1Cl. The summed E-state index contributed by atoms with van der Waals surface area (Å²) >= 11 is 11.4. The van der Waals surface area contributed by atoms with E-state index in [0.717, 1.165) is 0 Å². The minimum atomic E-state index is -0.364. The van der Waals surface area contributed by atoms with Crippen molar-refractivity contribution in [2.24, 2.45) is 0 Å². The molecule has 6 heteroatoms. The predicted octanol–water partition coefficient (Wildman–Crippen LogP) is 2.42. The molecule has 0 aliphatic heterocycles. The monoisotopic (exact) mass is 257 g/mol. The first-order valence-corrected chi connectivity index (χ1v) is 5.30. The standard InChI is InChI=1S/C10H9Cl2N3O/c1-6(4-5-13)14-10(16)7-2-3-8(11)15-9(7)12/h2-3,6H,4H2,1H3,(H,14,16). The minimum absolute atomic E-state index is 0.0501. The van der Waals surface area contributed by atoms with Gasteiger partial charge in [-0.15, -0.1) is 0 Å². The van der Waals surface area contributed by atoms with E-state index in [0.29, 0.717) is 0 Å². The molecular weight excluding hydrogens is 249 g/mol. The quantitative estimate of drug-likeness (QED) is 0.846. The number of rotatable bonds is 3. The maximum Gasteiger partial charge on any atom is 0.254 e. The van der Waals surface area contributed by atoms with Crippen LogP contribution < -0.4 is 5.32 Å². The summed E-state index contributed by atoms with van der Waals surface area (Å²) in [5, 5.41) is 11.4. The number of nitrogens with one attached hydrogen (secondary N) is 1. The average molecular weight is 258 g/mol. The average Bonchev–Trinajstić information content (AvgIpc) is 2.17. The summed E-state index contributed by atoms with van der Waals surface area (Å²) < 4.78 is 0. The van der Waals surface area contributed by atoms with Gasteiger partial charge in [0.05, 0.1) is 18.1 Å². The second-order valence-corrected chi connectivity index (χ2v) is 3.95. The van der Waals surface area contributed by atoms with Crippen molar-refractivity contribution in [3.63, 3.8) is 0 Å². The highest BCUT2D eigenvalue weighted by atomic mass is 35.5. The van der Waals surface area contributed by atoms with E-state index in [2.05, 4.69) is 10.3 Å². The Labute approximate surface area is 103 Å². The third kappa shape index (κ3) is 3.37. The molecule has 1 amide bonds. The largest absolute Gasteiger partial charge is 0.348 e. The number of hydrogen-bond acceptors (Lipinski definition) is 3. The number of nitrogens with zero attached hydrogens (tertiary/aromatic N) is 2. The second-order valence-electron chi connectivity index (χ2n) is 3.21. The molecule has 0 fully saturated rings. The van der Waals surface area contributed by atoms with Crippen molar-refractivity contribution >= 4 is 29.1 Å². The molecular formula is C10H9Cl2N3O. The Hall–Kier alpha value is -1.31. The van der Waals surface area contributed by atoms with E-state index in [-0.39, 0.29) is 34.2 Å². The Morgan fingerprint density at radius 2 is 2.31 bits per heavy atom. The molecule has 0 saturated heterocycles. The number of pyridine rings is 1. The summed E-state index contributed by atoms with van der Waals surface area (Å²) in [6, 6.07) is 4.71. The Morgan fingerprint density at radius 3 is 2.88 bits per heavy atom. The van der Waals surface area contributed by atoms with Gasteiger partial charge in [-0.05, 0) is 19.1 Å². The summed E-state index contributed by atoms with van der Waals surface area (Å²) in [6.45, 7) is 1.73. The maximum atomic E-state index is 11.7. The Morgan fingerprint density at radius 1 is 1.62 bits per heavy atom. The van der Waals surface area contributed by atoms with Crippen LogP contribution in [0, 0.1) is 11.3 Å². The Kier molecular flexibility index (Phi) is 4.53.